The summed E-state index contributed by atoms with van der Waals surface area (Å²) in [6, 6.07) is 0. The van der Waals surface area contributed by atoms with Crippen LogP contribution in [0.25, 0.3) is 0 Å². The second-order valence-corrected chi connectivity index (χ2v) is 6.36. The first kappa shape index (κ1) is 18.1. The lowest BCUT2D eigenvalue weighted by Gasteiger charge is -2.31. The maximum absolute atomic E-state index is 4.86. The summed E-state index contributed by atoms with van der Waals surface area (Å²) < 4.78 is 0. The summed E-state index contributed by atoms with van der Waals surface area (Å²) in [5, 5.41) is 3.28. The molecule has 0 aromatic rings. The molecule has 1 saturated heterocycles. The van der Waals surface area contributed by atoms with Gasteiger partial charge in [-0.05, 0) is 31.4 Å². The molecule has 0 radical (unpaired) electrons. The molecule has 1 N–H and O–H groups in total. The zero-order valence-electron chi connectivity index (χ0n) is 14.8. The van der Waals surface area contributed by atoms with Crippen molar-refractivity contribution in [2.45, 2.75) is 25.7 Å². The van der Waals surface area contributed by atoms with Gasteiger partial charge >= 0.3 is 0 Å². The van der Waals surface area contributed by atoms with Crippen LogP contribution in [-0.2, 0) is 0 Å². The first-order valence-corrected chi connectivity index (χ1v) is 8.61. The van der Waals surface area contributed by atoms with Crippen LogP contribution in [0, 0.1) is 5.41 Å². The Morgan fingerprint density at radius 1 is 1.42 bits per heavy atom. The molecule has 0 bridgehead atoms. The fourth-order valence-electron chi connectivity index (χ4n) is 3.36. The Balaban J connectivity index is 2.20. The Kier molecular flexibility index (Phi) is 6.42. The standard InChI is InChI=1S/C21H29N3/c1-5-7-14-21(18(3)22-4)15-16-24(17-21)20(11-6-2)23-19-12-9-8-10-13-19/h5-6,8-12,22H,1-3,7,13-17H2,4H3/b20-11+,23-19-. The minimum atomic E-state index is 0.0751. The normalized spacial score (nSPS) is 25.1. The first-order valence-electron chi connectivity index (χ1n) is 8.61. The van der Waals surface area contributed by atoms with Crippen LogP contribution >= 0.6 is 0 Å². The number of nitrogens with zero attached hydrogens (tertiary/aromatic N) is 2. The Hall–Kier alpha value is -2.29. The molecular formula is C21H29N3. The van der Waals surface area contributed by atoms with Gasteiger partial charge in [-0.25, -0.2) is 4.99 Å². The Morgan fingerprint density at radius 3 is 2.88 bits per heavy atom. The van der Waals surface area contributed by atoms with Crippen molar-refractivity contribution < 1.29 is 0 Å². The van der Waals surface area contributed by atoms with Crippen LogP contribution in [0.3, 0.4) is 0 Å². The summed E-state index contributed by atoms with van der Waals surface area (Å²) in [4.78, 5) is 7.22. The van der Waals surface area contributed by atoms with Crippen LogP contribution in [0.15, 0.2) is 78.8 Å². The van der Waals surface area contributed by atoms with E-state index in [-0.39, 0.29) is 5.41 Å². The third-order valence-electron chi connectivity index (χ3n) is 4.83. The lowest BCUT2D eigenvalue weighted by molar-refractivity contribution is 0.305. The van der Waals surface area contributed by atoms with Crippen LogP contribution in [0.2, 0.25) is 0 Å². The smallest absolute Gasteiger partial charge is 0.128 e. The van der Waals surface area contributed by atoms with Gasteiger partial charge in [-0.3, -0.25) is 0 Å². The molecule has 1 aliphatic carbocycles. The summed E-state index contributed by atoms with van der Waals surface area (Å²) in [7, 11) is 1.96. The van der Waals surface area contributed by atoms with Crippen molar-refractivity contribution >= 4 is 5.71 Å². The molecule has 1 heterocycles. The lowest BCUT2D eigenvalue weighted by atomic mass is 9.79. The van der Waals surface area contributed by atoms with E-state index < -0.39 is 0 Å². The highest BCUT2D eigenvalue weighted by atomic mass is 15.2. The molecule has 128 valence electrons. The Morgan fingerprint density at radius 2 is 2.25 bits per heavy atom. The quantitative estimate of drug-likeness (QED) is 0.531. The van der Waals surface area contributed by atoms with Gasteiger partial charge < -0.3 is 10.2 Å². The number of nitrogens with one attached hydrogen (secondary N) is 1. The van der Waals surface area contributed by atoms with Crippen LogP contribution in [0.4, 0.5) is 0 Å². The molecule has 0 aromatic carbocycles. The predicted octanol–water partition coefficient (Wildman–Crippen LogP) is 4.36. The second-order valence-electron chi connectivity index (χ2n) is 6.36. The highest BCUT2D eigenvalue weighted by Crippen LogP contribution is 2.41. The van der Waals surface area contributed by atoms with Gasteiger partial charge in [0.2, 0.25) is 0 Å². The third kappa shape index (κ3) is 4.16. The minimum absolute atomic E-state index is 0.0751. The molecule has 3 heteroatoms. The average molecular weight is 323 g/mol. The van der Waals surface area contributed by atoms with Crippen molar-refractivity contribution in [3.05, 3.63) is 73.8 Å². The van der Waals surface area contributed by atoms with Crippen molar-refractivity contribution in [3.8, 4) is 0 Å². The van der Waals surface area contributed by atoms with Crippen molar-refractivity contribution in [2.75, 3.05) is 20.1 Å². The fourth-order valence-corrected chi connectivity index (χ4v) is 3.36. The van der Waals surface area contributed by atoms with E-state index in [0.29, 0.717) is 0 Å². The molecule has 1 unspecified atom stereocenters. The van der Waals surface area contributed by atoms with E-state index in [2.05, 4.69) is 48.2 Å². The fraction of sp³-hybridized carbons (Fsp3) is 0.381. The Labute approximate surface area is 146 Å². The molecule has 0 amide bonds. The lowest BCUT2D eigenvalue weighted by Crippen LogP contribution is -2.33. The number of hydrogen-bond acceptors (Lipinski definition) is 3. The molecule has 2 rings (SSSR count). The van der Waals surface area contributed by atoms with E-state index in [1.165, 1.54) is 0 Å². The molecule has 1 fully saturated rings. The summed E-state index contributed by atoms with van der Waals surface area (Å²) in [6.07, 6.45) is 18.1. The van der Waals surface area contributed by atoms with Crippen molar-refractivity contribution in [3.63, 3.8) is 0 Å². The van der Waals surface area contributed by atoms with E-state index in [0.717, 1.165) is 56.0 Å². The number of allylic oxidation sites excluding steroid dienone is 7. The third-order valence-corrected chi connectivity index (χ3v) is 4.83. The first-order chi connectivity index (χ1) is 11.6. The van der Waals surface area contributed by atoms with E-state index in [9.17, 15) is 0 Å². The second kappa shape index (κ2) is 8.53. The molecule has 24 heavy (non-hydrogen) atoms. The number of hydrogen-bond donors (Lipinski definition) is 1. The maximum Gasteiger partial charge on any atom is 0.128 e. The number of likely N-dealkylation sites (tertiary alicyclic amines) is 1. The van der Waals surface area contributed by atoms with Crippen LogP contribution in [-0.4, -0.2) is 30.7 Å². The van der Waals surface area contributed by atoms with Gasteiger partial charge in [0.05, 0.1) is 0 Å². The van der Waals surface area contributed by atoms with Crippen LogP contribution < -0.4 is 5.32 Å². The molecule has 2 aliphatic rings. The summed E-state index contributed by atoms with van der Waals surface area (Å²) in [5.41, 5.74) is 2.27. The van der Waals surface area contributed by atoms with Gasteiger partial charge in [0.1, 0.15) is 5.82 Å². The molecule has 1 atom stereocenters. The van der Waals surface area contributed by atoms with E-state index >= 15 is 0 Å². The number of rotatable bonds is 8. The van der Waals surface area contributed by atoms with Gasteiger partial charge in [0, 0.05) is 43.4 Å². The molecule has 0 spiro atoms. The number of aliphatic imine (C=N–C) groups is 1. The van der Waals surface area contributed by atoms with Gasteiger partial charge in [0.15, 0.2) is 0 Å². The zero-order chi connectivity index (χ0) is 17.4. The average Bonchev–Trinajstić information content (AvgIpc) is 3.05. The highest BCUT2D eigenvalue weighted by molar-refractivity contribution is 5.97. The van der Waals surface area contributed by atoms with Gasteiger partial charge in [-0.15, -0.1) is 6.58 Å². The van der Waals surface area contributed by atoms with E-state index in [4.69, 9.17) is 4.99 Å². The minimum Gasteiger partial charge on any atom is -0.391 e. The van der Waals surface area contributed by atoms with Crippen LogP contribution in [0.5, 0.6) is 0 Å². The molecule has 1 aliphatic heterocycles. The van der Waals surface area contributed by atoms with Crippen molar-refractivity contribution in [1.29, 1.82) is 0 Å². The van der Waals surface area contributed by atoms with Gasteiger partial charge in [0.25, 0.3) is 0 Å². The summed E-state index contributed by atoms with van der Waals surface area (Å²) >= 11 is 0. The van der Waals surface area contributed by atoms with E-state index in [1.54, 1.807) is 0 Å². The summed E-state index contributed by atoms with van der Waals surface area (Å²) in [5.74, 6) is 0.990. The molecule has 0 aromatic heterocycles. The van der Waals surface area contributed by atoms with Crippen molar-refractivity contribution in [2.24, 2.45) is 10.4 Å². The van der Waals surface area contributed by atoms with Gasteiger partial charge in [-0.1, -0.05) is 43.5 Å². The van der Waals surface area contributed by atoms with Crippen LogP contribution in [0.1, 0.15) is 25.7 Å². The largest absolute Gasteiger partial charge is 0.391 e. The maximum atomic E-state index is 4.86. The SMILES string of the molecule is C=C/C=C(\N=C1\C=CC=CC1)N1CCC(CCC=C)(C(=C)NC)C1. The zero-order valence-corrected chi connectivity index (χ0v) is 14.8. The highest BCUT2D eigenvalue weighted by Gasteiger charge is 2.40. The van der Waals surface area contributed by atoms with E-state index in [1.807, 2.05) is 31.4 Å². The molecular weight excluding hydrogens is 294 g/mol. The Bertz CT molecular complexity index is 607. The monoisotopic (exact) mass is 323 g/mol. The van der Waals surface area contributed by atoms with Gasteiger partial charge in [-0.2, -0.15) is 0 Å². The molecule has 3 nitrogen and oxygen atoms in total. The topological polar surface area (TPSA) is 27.6 Å². The molecule has 0 saturated carbocycles. The predicted molar refractivity (Wildman–Crippen MR) is 105 cm³/mol. The summed E-state index contributed by atoms with van der Waals surface area (Å²) in [6.45, 7) is 13.9. The van der Waals surface area contributed by atoms with Crippen molar-refractivity contribution in [1.82, 2.24) is 10.2 Å².